The lowest BCUT2D eigenvalue weighted by Gasteiger charge is -2.15. The standard InChI is InChI=1S/C18H22O3/c1-3-11-21-16-9-6-8-14(12-16)17(19)13-15-7-4-5-10-18(15)20-2/h4-10,12,17,19H,3,11,13H2,1-2H3. The van der Waals surface area contributed by atoms with E-state index in [0.29, 0.717) is 13.0 Å². The third-order valence-corrected chi connectivity index (χ3v) is 3.32. The first-order valence-corrected chi connectivity index (χ1v) is 7.27. The van der Waals surface area contributed by atoms with Gasteiger partial charge < -0.3 is 14.6 Å². The van der Waals surface area contributed by atoms with Gasteiger partial charge in [-0.3, -0.25) is 0 Å². The van der Waals surface area contributed by atoms with Gasteiger partial charge in [-0.1, -0.05) is 37.3 Å². The molecule has 0 aliphatic rings. The van der Waals surface area contributed by atoms with Crippen LogP contribution in [0.2, 0.25) is 0 Å². The van der Waals surface area contributed by atoms with Crippen molar-refractivity contribution in [3.63, 3.8) is 0 Å². The monoisotopic (exact) mass is 286 g/mol. The fourth-order valence-electron chi connectivity index (χ4n) is 2.23. The number of ether oxygens (including phenoxy) is 2. The third-order valence-electron chi connectivity index (χ3n) is 3.32. The molecule has 2 rings (SSSR count). The minimum absolute atomic E-state index is 0.515. The Morgan fingerprint density at radius 3 is 2.67 bits per heavy atom. The van der Waals surface area contributed by atoms with Crippen LogP contribution in [-0.4, -0.2) is 18.8 Å². The predicted molar refractivity (Wildman–Crippen MR) is 83.9 cm³/mol. The zero-order valence-corrected chi connectivity index (χ0v) is 12.6. The van der Waals surface area contributed by atoms with Crippen LogP contribution in [0.3, 0.4) is 0 Å². The smallest absolute Gasteiger partial charge is 0.122 e. The lowest BCUT2D eigenvalue weighted by molar-refractivity contribution is 0.176. The molecule has 0 bridgehead atoms. The van der Waals surface area contributed by atoms with Gasteiger partial charge in [-0.25, -0.2) is 0 Å². The van der Waals surface area contributed by atoms with Gasteiger partial charge in [-0.2, -0.15) is 0 Å². The first kappa shape index (κ1) is 15.4. The Morgan fingerprint density at radius 2 is 1.90 bits per heavy atom. The highest BCUT2D eigenvalue weighted by atomic mass is 16.5. The van der Waals surface area contributed by atoms with Crippen LogP contribution in [-0.2, 0) is 6.42 Å². The van der Waals surface area contributed by atoms with Gasteiger partial charge in [0.2, 0.25) is 0 Å². The molecular weight excluding hydrogens is 264 g/mol. The topological polar surface area (TPSA) is 38.7 Å². The molecule has 1 N–H and O–H groups in total. The highest BCUT2D eigenvalue weighted by Gasteiger charge is 2.12. The van der Waals surface area contributed by atoms with Crippen molar-refractivity contribution in [2.75, 3.05) is 13.7 Å². The summed E-state index contributed by atoms with van der Waals surface area (Å²) in [5.74, 6) is 1.60. The van der Waals surface area contributed by atoms with Gasteiger partial charge in [-0.05, 0) is 35.7 Å². The van der Waals surface area contributed by atoms with Crippen LogP contribution in [0.1, 0.15) is 30.6 Å². The molecule has 0 saturated heterocycles. The molecule has 21 heavy (non-hydrogen) atoms. The summed E-state index contributed by atoms with van der Waals surface area (Å²) in [6.45, 7) is 2.76. The Balaban J connectivity index is 2.10. The molecule has 0 aromatic heterocycles. The fourth-order valence-corrected chi connectivity index (χ4v) is 2.23. The number of para-hydroxylation sites is 1. The molecule has 0 saturated carbocycles. The van der Waals surface area contributed by atoms with E-state index in [1.165, 1.54) is 0 Å². The second kappa shape index (κ2) is 7.70. The van der Waals surface area contributed by atoms with E-state index in [2.05, 4.69) is 6.92 Å². The Labute approximate surface area is 126 Å². The summed E-state index contributed by atoms with van der Waals surface area (Å²) in [7, 11) is 1.64. The minimum Gasteiger partial charge on any atom is -0.496 e. The van der Waals surface area contributed by atoms with Crippen molar-refractivity contribution in [1.82, 2.24) is 0 Å². The van der Waals surface area contributed by atoms with E-state index in [9.17, 15) is 5.11 Å². The molecule has 0 aliphatic heterocycles. The Hall–Kier alpha value is -2.00. The van der Waals surface area contributed by atoms with Crippen molar-refractivity contribution in [2.45, 2.75) is 25.9 Å². The molecule has 3 nitrogen and oxygen atoms in total. The number of hydrogen-bond donors (Lipinski definition) is 1. The quantitative estimate of drug-likeness (QED) is 0.842. The molecule has 0 aliphatic carbocycles. The number of rotatable bonds is 7. The molecule has 2 aromatic rings. The van der Waals surface area contributed by atoms with Crippen LogP contribution >= 0.6 is 0 Å². The zero-order valence-electron chi connectivity index (χ0n) is 12.6. The van der Waals surface area contributed by atoms with Crippen molar-refractivity contribution in [2.24, 2.45) is 0 Å². The minimum atomic E-state index is -0.577. The summed E-state index contributed by atoms with van der Waals surface area (Å²) in [6.07, 6.45) is 0.904. The summed E-state index contributed by atoms with van der Waals surface area (Å²) in [6, 6.07) is 15.4. The predicted octanol–water partition coefficient (Wildman–Crippen LogP) is 3.76. The van der Waals surface area contributed by atoms with Crippen LogP contribution in [0.4, 0.5) is 0 Å². The van der Waals surface area contributed by atoms with Crippen LogP contribution < -0.4 is 9.47 Å². The highest BCUT2D eigenvalue weighted by molar-refractivity contribution is 5.36. The Bertz CT molecular complexity index is 566. The van der Waals surface area contributed by atoms with Gasteiger partial charge in [0.1, 0.15) is 11.5 Å². The van der Waals surface area contributed by atoms with Crippen molar-refractivity contribution in [3.05, 3.63) is 59.7 Å². The molecule has 0 amide bonds. The Kier molecular flexibility index (Phi) is 5.64. The van der Waals surface area contributed by atoms with Gasteiger partial charge in [0, 0.05) is 6.42 Å². The average Bonchev–Trinajstić information content (AvgIpc) is 2.53. The number of hydrogen-bond acceptors (Lipinski definition) is 3. The second-order valence-electron chi connectivity index (χ2n) is 4.95. The van der Waals surface area contributed by atoms with E-state index in [4.69, 9.17) is 9.47 Å². The second-order valence-corrected chi connectivity index (χ2v) is 4.95. The molecule has 0 fully saturated rings. The molecule has 0 heterocycles. The normalized spacial score (nSPS) is 12.0. The molecule has 112 valence electrons. The average molecular weight is 286 g/mol. The number of aliphatic hydroxyl groups excluding tert-OH is 1. The summed E-state index contributed by atoms with van der Waals surface area (Å²) in [5, 5.41) is 10.4. The lowest BCUT2D eigenvalue weighted by Crippen LogP contribution is -2.04. The molecule has 1 atom stereocenters. The summed E-state index contributed by atoms with van der Waals surface area (Å²) in [4.78, 5) is 0. The SMILES string of the molecule is CCCOc1cccc(C(O)Cc2ccccc2OC)c1. The van der Waals surface area contributed by atoms with Crippen LogP contribution in [0.5, 0.6) is 11.5 Å². The van der Waals surface area contributed by atoms with E-state index in [0.717, 1.165) is 29.0 Å². The van der Waals surface area contributed by atoms with Crippen LogP contribution in [0.15, 0.2) is 48.5 Å². The lowest BCUT2D eigenvalue weighted by atomic mass is 10.0. The largest absolute Gasteiger partial charge is 0.496 e. The molecule has 2 aromatic carbocycles. The first-order valence-electron chi connectivity index (χ1n) is 7.27. The summed E-state index contributed by atoms with van der Waals surface area (Å²) < 4.78 is 10.9. The maximum Gasteiger partial charge on any atom is 0.122 e. The maximum absolute atomic E-state index is 10.4. The first-order chi connectivity index (χ1) is 10.2. The molecule has 1 unspecified atom stereocenters. The van der Waals surface area contributed by atoms with E-state index in [1.54, 1.807) is 7.11 Å². The third kappa shape index (κ3) is 4.23. The Morgan fingerprint density at radius 1 is 1.10 bits per heavy atom. The van der Waals surface area contributed by atoms with Crippen LogP contribution in [0.25, 0.3) is 0 Å². The highest BCUT2D eigenvalue weighted by Crippen LogP contribution is 2.26. The fraction of sp³-hybridized carbons (Fsp3) is 0.333. The molecule has 0 radical (unpaired) electrons. The van der Waals surface area contributed by atoms with Crippen molar-refractivity contribution >= 4 is 0 Å². The van der Waals surface area contributed by atoms with Crippen molar-refractivity contribution in [3.8, 4) is 11.5 Å². The van der Waals surface area contributed by atoms with Gasteiger partial charge in [0.25, 0.3) is 0 Å². The van der Waals surface area contributed by atoms with E-state index >= 15 is 0 Å². The zero-order chi connectivity index (χ0) is 15.1. The van der Waals surface area contributed by atoms with E-state index in [1.807, 2.05) is 48.5 Å². The summed E-state index contributed by atoms with van der Waals surface area (Å²) in [5.41, 5.74) is 1.85. The van der Waals surface area contributed by atoms with Crippen molar-refractivity contribution < 1.29 is 14.6 Å². The summed E-state index contributed by atoms with van der Waals surface area (Å²) >= 11 is 0. The van der Waals surface area contributed by atoms with E-state index < -0.39 is 6.10 Å². The molecular formula is C18H22O3. The van der Waals surface area contributed by atoms with Gasteiger partial charge in [0.05, 0.1) is 19.8 Å². The van der Waals surface area contributed by atoms with Gasteiger partial charge in [0.15, 0.2) is 0 Å². The number of aliphatic hydroxyl groups is 1. The molecule has 0 spiro atoms. The number of benzene rings is 2. The van der Waals surface area contributed by atoms with Crippen LogP contribution in [0, 0.1) is 0 Å². The van der Waals surface area contributed by atoms with Gasteiger partial charge in [-0.15, -0.1) is 0 Å². The van der Waals surface area contributed by atoms with Gasteiger partial charge >= 0.3 is 0 Å². The van der Waals surface area contributed by atoms with E-state index in [-0.39, 0.29) is 0 Å². The maximum atomic E-state index is 10.4. The molecule has 3 heteroatoms. The number of methoxy groups -OCH3 is 1. The van der Waals surface area contributed by atoms with Crippen molar-refractivity contribution in [1.29, 1.82) is 0 Å².